The summed E-state index contributed by atoms with van der Waals surface area (Å²) >= 11 is 1.62. The van der Waals surface area contributed by atoms with Crippen molar-refractivity contribution in [3.05, 3.63) is 29.8 Å². The van der Waals surface area contributed by atoms with Gasteiger partial charge in [0.15, 0.2) is 0 Å². The van der Waals surface area contributed by atoms with Gasteiger partial charge in [0.1, 0.15) is 0 Å². The highest BCUT2D eigenvalue weighted by Crippen LogP contribution is 2.29. The number of carbonyl (C=O) groups excluding carboxylic acids is 1. The summed E-state index contributed by atoms with van der Waals surface area (Å²) in [5.74, 6) is 0.569. The highest BCUT2D eigenvalue weighted by molar-refractivity contribution is 7.98. The molecule has 0 aliphatic heterocycles. The van der Waals surface area contributed by atoms with E-state index in [1.807, 2.05) is 42.5 Å². The molecule has 0 bridgehead atoms. The van der Waals surface area contributed by atoms with Crippen molar-refractivity contribution in [1.29, 1.82) is 0 Å². The van der Waals surface area contributed by atoms with Gasteiger partial charge in [0.25, 0.3) is 5.91 Å². The van der Waals surface area contributed by atoms with Crippen LogP contribution in [0, 0.1) is 5.92 Å². The minimum Gasteiger partial charge on any atom is -0.338 e. The first-order chi connectivity index (χ1) is 9.69. The second-order valence-corrected chi connectivity index (χ2v) is 6.31. The van der Waals surface area contributed by atoms with Gasteiger partial charge in [-0.2, -0.15) is 0 Å². The molecule has 0 aromatic heterocycles. The molecule has 3 nitrogen and oxygen atoms in total. The second-order valence-electron chi connectivity index (χ2n) is 5.46. The third-order valence-corrected chi connectivity index (χ3v) is 5.12. The summed E-state index contributed by atoms with van der Waals surface area (Å²) < 4.78 is 0. The topological polar surface area (TPSA) is 46.3 Å². The van der Waals surface area contributed by atoms with E-state index in [-0.39, 0.29) is 11.9 Å². The number of carbonyl (C=O) groups is 1. The third-order valence-electron chi connectivity index (χ3n) is 4.33. The van der Waals surface area contributed by atoms with Crippen LogP contribution in [0.25, 0.3) is 0 Å². The van der Waals surface area contributed by atoms with Crippen molar-refractivity contribution in [3.8, 4) is 0 Å². The summed E-state index contributed by atoms with van der Waals surface area (Å²) in [6.07, 6.45) is 6.66. The van der Waals surface area contributed by atoms with Crippen LogP contribution in [0.4, 0.5) is 0 Å². The van der Waals surface area contributed by atoms with Crippen molar-refractivity contribution in [3.63, 3.8) is 0 Å². The fourth-order valence-corrected chi connectivity index (χ4v) is 3.72. The van der Waals surface area contributed by atoms with E-state index in [9.17, 15) is 4.79 Å². The zero-order chi connectivity index (χ0) is 14.5. The Bertz CT molecular complexity index is 464. The first-order valence-corrected chi connectivity index (χ1v) is 8.51. The van der Waals surface area contributed by atoms with Gasteiger partial charge in [-0.15, -0.1) is 11.8 Å². The highest BCUT2D eigenvalue weighted by atomic mass is 32.2. The molecule has 4 heteroatoms. The van der Waals surface area contributed by atoms with Crippen molar-refractivity contribution >= 4 is 17.7 Å². The lowest BCUT2D eigenvalue weighted by atomic mass is 9.83. The van der Waals surface area contributed by atoms with Gasteiger partial charge in [0.2, 0.25) is 0 Å². The van der Waals surface area contributed by atoms with E-state index in [1.54, 1.807) is 11.8 Å². The lowest BCUT2D eigenvalue weighted by Gasteiger charge is -2.37. The quantitative estimate of drug-likeness (QED) is 0.868. The van der Waals surface area contributed by atoms with Crippen LogP contribution in [0.2, 0.25) is 0 Å². The minimum absolute atomic E-state index is 0.125. The molecule has 1 aromatic carbocycles. The number of nitrogens with two attached hydrogens (primary N) is 1. The van der Waals surface area contributed by atoms with Crippen LogP contribution >= 0.6 is 11.8 Å². The van der Waals surface area contributed by atoms with Gasteiger partial charge in [-0.25, -0.2) is 0 Å². The van der Waals surface area contributed by atoms with Crippen LogP contribution in [0.1, 0.15) is 36.0 Å². The molecule has 0 spiro atoms. The summed E-state index contributed by atoms with van der Waals surface area (Å²) in [6, 6.07) is 8.13. The number of amides is 1. The second kappa shape index (κ2) is 7.14. The van der Waals surface area contributed by atoms with Gasteiger partial charge in [-0.1, -0.05) is 25.0 Å². The van der Waals surface area contributed by atoms with Gasteiger partial charge >= 0.3 is 0 Å². The lowest BCUT2D eigenvalue weighted by molar-refractivity contribution is 0.0617. The van der Waals surface area contributed by atoms with E-state index in [0.717, 1.165) is 23.3 Å². The van der Waals surface area contributed by atoms with Crippen LogP contribution in [0.5, 0.6) is 0 Å². The molecule has 2 rings (SSSR count). The van der Waals surface area contributed by atoms with Crippen molar-refractivity contribution in [2.45, 2.75) is 36.6 Å². The Balaban J connectivity index is 2.19. The maximum absolute atomic E-state index is 12.8. The maximum atomic E-state index is 12.8. The van der Waals surface area contributed by atoms with Crippen LogP contribution in [0.3, 0.4) is 0 Å². The SMILES string of the molecule is CSc1ccccc1C(=O)N(C)C1CCCCC1CN. The Hall–Kier alpha value is -1.00. The average molecular weight is 292 g/mol. The van der Waals surface area contributed by atoms with E-state index in [0.29, 0.717) is 12.5 Å². The summed E-state index contributed by atoms with van der Waals surface area (Å²) in [5, 5.41) is 0. The Morgan fingerprint density at radius 3 is 2.75 bits per heavy atom. The Kier molecular flexibility index (Phi) is 5.49. The summed E-state index contributed by atoms with van der Waals surface area (Å²) in [5.41, 5.74) is 6.69. The van der Waals surface area contributed by atoms with E-state index in [1.165, 1.54) is 12.8 Å². The molecule has 2 unspecified atom stereocenters. The molecule has 1 saturated carbocycles. The zero-order valence-electron chi connectivity index (χ0n) is 12.3. The molecule has 1 amide bonds. The zero-order valence-corrected chi connectivity index (χ0v) is 13.2. The van der Waals surface area contributed by atoms with Crippen LogP contribution in [0.15, 0.2) is 29.2 Å². The number of hydrogen-bond acceptors (Lipinski definition) is 3. The smallest absolute Gasteiger partial charge is 0.254 e. The maximum Gasteiger partial charge on any atom is 0.254 e. The standard InChI is InChI=1S/C16H24N2OS/c1-18(14-9-5-3-7-12(14)11-17)16(19)13-8-4-6-10-15(13)20-2/h4,6,8,10,12,14H,3,5,7,9,11,17H2,1-2H3. The molecule has 1 aliphatic carbocycles. The number of nitrogens with zero attached hydrogens (tertiary/aromatic N) is 1. The van der Waals surface area contributed by atoms with E-state index < -0.39 is 0 Å². The van der Waals surface area contributed by atoms with E-state index >= 15 is 0 Å². The van der Waals surface area contributed by atoms with Crippen molar-refractivity contribution < 1.29 is 4.79 Å². The van der Waals surface area contributed by atoms with Crippen LogP contribution in [-0.2, 0) is 0 Å². The summed E-state index contributed by atoms with van der Waals surface area (Å²) in [4.78, 5) is 15.7. The van der Waals surface area contributed by atoms with Crippen LogP contribution in [-0.4, -0.2) is 36.7 Å². The minimum atomic E-state index is 0.125. The molecule has 1 fully saturated rings. The van der Waals surface area contributed by atoms with Crippen molar-refractivity contribution in [2.24, 2.45) is 11.7 Å². The highest BCUT2D eigenvalue weighted by Gasteiger charge is 2.30. The molecule has 20 heavy (non-hydrogen) atoms. The molecule has 0 saturated heterocycles. The fourth-order valence-electron chi connectivity index (χ4n) is 3.13. The van der Waals surface area contributed by atoms with Gasteiger partial charge < -0.3 is 10.6 Å². The monoisotopic (exact) mass is 292 g/mol. The summed E-state index contributed by atoms with van der Waals surface area (Å²) in [7, 11) is 1.93. The normalized spacial score (nSPS) is 22.6. The molecule has 1 aliphatic rings. The van der Waals surface area contributed by atoms with Gasteiger partial charge in [0, 0.05) is 18.0 Å². The lowest BCUT2D eigenvalue weighted by Crippen LogP contribution is -2.46. The third kappa shape index (κ3) is 3.18. The molecule has 0 radical (unpaired) electrons. The number of thioether (sulfide) groups is 1. The number of rotatable bonds is 4. The fraction of sp³-hybridized carbons (Fsp3) is 0.562. The van der Waals surface area contributed by atoms with Gasteiger partial charge in [-0.05, 0) is 43.7 Å². The summed E-state index contributed by atoms with van der Waals surface area (Å²) in [6.45, 7) is 0.673. The van der Waals surface area contributed by atoms with Crippen molar-refractivity contribution in [1.82, 2.24) is 4.90 Å². The molecular formula is C16H24N2OS. The molecule has 2 atom stereocenters. The molecule has 2 N–H and O–H groups in total. The Morgan fingerprint density at radius 1 is 1.35 bits per heavy atom. The molecule has 0 heterocycles. The van der Waals surface area contributed by atoms with E-state index in [4.69, 9.17) is 5.73 Å². The first-order valence-electron chi connectivity index (χ1n) is 7.29. The number of hydrogen-bond donors (Lipinski definition) is 1. The van der Waals surface area contributed by atoms with Gasteiger partial charge in [-0.3, -0.25) is 4.79 Å². The first kappa shape index (κ1) is 15.4. The predicted octanol–water partition coefficient (Wildman–Crippen LogP) is 3.00. The van der Waals surface area contributed by atoms with Crippen LogP contribution < -0.4 is 5.73 Å². The van der Waals surface area contributed by atoms with E-state index in [2.05, 4.69) is 0 Å². The molecular weight excluding hydrogens is 268 g/mol. The Labute approximate surface area is 125 Å². The largest absolute Gasteiger partial charge is 0.338 e. The molecule has 1 aromatic rings. The number of benzene rings is 1. The molecule has 110 valence electrons. The average Bonchev–Trinajstić information content (AvgIpc) is 2.53. The Morgan fingerprint density at radius 2 is 2.05 bits per heavy atom. The predicted molar refractivity (Wildman–Crippen MR) is 85.1 cm³/mol. The van der Waals surface area contributed by atoms with Crippen molar-refractivity contribution in [2.75, 3.05) is 19.8 Å². The van der Waals surface area contributed by atoms with Gasteiger partial charge in [0.05, 0.1) is 5.56 Å².